The second kappa shape index (κ2) is 7.04. The van der Waals surface area contributed by atoms with Gasteiger partial charge < -0.3 is 15.4 Å². The standard InChI is InChI=1S/C17H18N2O2S/c1-11-7-6-10-14(12(11)2)18-17(22)19-15-9-5-4-8-13(15)16(20)21-3/h4-10H,1-3H3,(H2,18,19,22). The Morgan fingerprint density at radius 1 is 1.00 bits per heavy atom. The summed E-state index contributed by atoms with van der Waals surface area (Å²) in [6, 6.07) is 13.0. The van der Waals surface area contributed by atoms with Crippen LogP contribution in [0.15, 0.2) is 42.5 Å². The van der Waals surface area contributed by atoms with E-state index in [1.165, 1.54) is 12.7 Å². The highest BCUT2D eigenvalue weighted by Gasteiger charge is 2.12. The SMILES string of the molecule is COC(=O)c1ccccc1NC(=S)Nc1cccc(C)c1C. The molecule has 0 aliphatic carbocycles. The smallest absolute Gasteiger partial charge is 0.339 e. The van der Waals surface area contributed by atoms with Crippen LogP contribution in [-0.2, 0) is 4.74 Å². The molecule has 0 aliphatic heterocycles. The maximum atomic E-state index is 11.7. The van der Waals surface area contributed by atoms with E-state index in [0.29, 0.717) is 16.4 Å². The third kappa shape index (κ3) is 3.62. The predicted molar refractivity (Wildman–Crippen MR) is 93.5 cm³/mol. The highest BCUT2D eigenvalue weighted by molar-refractivity contribution is 7.80. The molecule has 0 unspecified atom stereocenters. The summed E-state index contributed by atoms with van der Waals surface area (Å²) in [5.74, 6) is -0.405. The molecule has 0 amide bonds. The fourth-order valence-corrected chi connectivity index (χ4v) is 2.26. The van der Waals surface area contributed by atoms with Gasteiger partial charge in [-0.2, -0.15) is 0 Å². The normalized spacial score (nSPS) is 9.95. The number of rotatable bonds is 3. The van der Waals surface area contributed by atoms with Gasteiger partial charge in [-0.25, -0.2) is 4.79 Å². The number of carbonyl (C=O) groups excluding carboxylic acids is 1. The van der Waals surface area contributed by atoms with Gasteiger partial charge in [0.15, 0.2) is 5.11 Å². The van der Waals surface area contributed by atoms with Crippen molar-refractivity contribution in [3.05, 3.63) is 59.2 Å². The van der Waals surface area contributed by atoms with E-state index in [1.807, 2.05) is 38.1 Å². The highest BCUT2D eigenvalue weighted by atomic mass is 32.1. The van der Waals surface area contributed by atoms with Gasteiger partial charge in [-0.15, -0.1) is 0 Å². The molecule has 5 heteroatoms. The number of aryl methyl sites for hydroxylation is 1. The monoisotopic (exact) mass is 314 g/mol. The topological polar surface area (TPSA) is 50.4 Å². The van der Waals surface area contributed by atoms with Crippen molar-refractivity contribution in [3.63, 3.8) is 0 Å². The second-order valence-corrected chi connectivity index (χ2v) is 5.27. The second-order valence-electron chi connectivity index (χ2n) is 4.86. The van der Waals surface area contributed by atoms with Gasteiger partial charge >= 0.3 is 5.97 Å². The molecular weight excluding hydrogens is 296 g/mol. The van der Waals surface area contributed by atoms with Crippen LogP contribution in [0, 0.1) is 13.8 Å². The van der Waals surface area contributed by atoms with Crippen molar-refractivity contribution in [2.45, 2.75) is 13.8 Å². The lowest BCUT2D eigenvalue weighted by atomic mass is 10.1. The zero-order valence-electron chi connectivity index (χ0n) is 12.8. The molecule has 2 N–H and O–H groups in total. The first kappa shape index (κ1) is 16.0. The van der Waals surface area contributed by atoms with Gasteiger partial charge in [0, 0.05) is 5.69 Å². The lowest BCUT2D eigenvalue weighted by molar-refractivity contribution is 0.0602. The maximum Gasteiger partial charge on any atom is 0.339 e. The Bertz CT molecular complexity index is 714. The summed E-state index contributed by atoms with van der Waals surface area (Å²) in [6.45, 7) is 4.08. The first-order valence-electron chi connectivity index (χ1n) is 6.84. The van der Waals surface area contributed by atoms with E-state index in [4.69, 9.17) is 17.0 Å². The van der Waals surface area contributed by atoms with Crippen LogP contribution in [0.25, 0.3) is 0 Å². The molecule has 22 heavy (non-hydrogen) atoms. The minimum Gasteiger partial charge on any atom is -0.465 e. The third-order valence-corrected chi connectivity index (χ3v) is 3.64. The van der Waals surface area contributed by atoms with Crippen molar-refractivity contribution in [1.82, 2.24) is 0 Å². The van der Waals surface area contributed by atoms with Crippen LogP contribution < -0.4 is 10.6 Å². The highest BCUT2D eigenvalue weighted by Crippen LogP contribution is 2.20. The number of nitrogens with one attached hydrogen (secondary N) is 2. The molecule has 2 rings (SSSR count). The zero-order valence-corrected chi connectivity index (χ0v) is 13.6. The van der Waals surface area contributed by atoms with Crippen LogP contribution in [-0.4, -0.2) is 18.2 Å². The molecule has 0 aromatic heterocycles. The average Bonchev–Trinajstić information content (AvgIpc) is 2.51. The summed E-state index contributed by atoms with van der Waals surface area (Å²) < 4.78 is 4.77. The number of ether oxygens (including phenoxy) is 1. The maximum absolute atomic E-state index is 11.7. The Balaban J connectivity index is 2.16. The Kier molecular flexibility index (Phi) is 5.12. The minimum atomic E-state index is -0.405. The van der Waals surface area contributed by atoms with Crippen molar-refractivity contribution in [2.75, 3.05) is 17.7 Å². The van der Waals surface area contributed by atoms with Crippen molar-refractivity contribution in [1.29, 1.82) is 0 Å². The molecule has 0 heterocycles. The van der Waals surface area contributed by atoms with Crippen LogP contribution >= 0.6 is 12.2 Å². The molecule has 0 saturated carbocycles. The predicted octanol–water partition coefficient (Wildman–Crippen LogP) is 3.90. The molecular formula is C17H18N2O2S. The van der Waals surface area contributed by atoms with E-state index in [2.05, 4.69) is 10.6 Å². The molecule has 4 nitrogen and oxygen atoms in total. The summed E-state index contributed by atoms with van der Waals surface area (Å²) in [5, 5.41) is 6.61. The average molecular weight is 314 g/mol. The molecule has 2 aromatic rings. The van der Waals surface area contributed by atoms with Gasteiger partial charge in [-0.3, -0.25) is 0 Å². The van der Waals surface area contributed by atoms with Gasteiger partial charge in [0.05, 0.1) is 18.4 Å². The quantitative estimate of drug-likeness (QED) is 0.665. The Hall–Kier alpha value is -2.40. The molecule has 0 aliphatic rings. The first-order valence-corrected chi connectivity index (χ1v) is 7.25. The molecule has 0 fully saturated rings. The summed E-state index contributed by atoms with van der Waals surface area (Å²) >= 11 is 5.33. The van der Waals surface area contributed by atoms with Crippen molar-refractivity contribution < 1.29 is 9.53 Å². The number of para-hydroxylation sites is 1. The van der Waals surface area contributed by atoms with E-state index >= 15 is 0 Å². The van der Waals surface area contributed by atoms with Crippen LogP contribution in [0.2, 0.25) is 0 Å². The summed E-state index contributed by atoms with van der Waals surface area (Å²) in [5.41, 5.74) is 4.30. The molecule has 0 bridgehead atoms. The molecule has 0 spiro atoms. The fraction of sp³-hybridized carbons (Fsp3) is 0.176. The summed E-state index contributed by atoms with van der Waals surface area (Å²) in [6.07, 6.45) is 0. The molecule has 0 saturated heterocycles. The molecule has 2 aromatic carbocycles. The number of anilines is 2. The number of hydrogen-bond acceptors (Lipinski definition) is 3. The molecule has 0 atom stereocenters. The first-order chi connectivity index (χ1) is 10.5. The van der Waals surface area contributed by atoms with Crippen molar-refractivity contribution in [2.24, 2.45) is 0 Å². The lowest BCUT2D eigenvalue weighted by Crippen LogP contribution is -2.21. The van der Waals surface area contributed by atoms with E-state index in [1.54, 1.807) is 18.2 Å². The van der Waals surface area contributed by atoms with E-state index in [0.717, 1.165) is 11.3 Å². The number of benzene rings is 2. The molecule has 0 radical (unpaired) electrons. The largest absolute Gasteiger partial charge is 0.465 e. The van der Waals surface area contributed by atoms with Gasteiger partial charge in [-0.05, 0) is 55.4 Å². The van der Waals surface area contributed by atoms with Gasteiger partial charge in [0.1, 0.15) is 0 Å². The van der Waals surface area contributed by atoms with E-state index < -0.39 is 5.97 Å². The zero-order chi connectivity index (χ0) is 16.1. The Morgan fingerprint density at radius 3 is 2.36 bits per heavy atom. The number of carbonyl (C=O) groups is 1. The van der Waals surface area contributed by atoms with Crippen LogP contribution in [0.5, 0.6) is 0 Å². The number of esters is 1. The minimum absolute atomic E-state index is 0.405. The lowest BCUT2D eigenvalue weighted by Gasteiger charge is -2.15. The van der Waals surface area contributed by atoms with Crippen LogP contribution in [0.4, 0.5) is 11.4 Å². The van der Waals surface area contributed by atoms with Crippen LogP contribution in [0.3, 0.4) is 0 Å². The Labute approximate surface area is 135 Å². The Morgan fingerprint density at radius 2 is 1.64 bits per heavy atom. The van der Waals surface area contributed by atoms with Gasteiger partial charge in [-0.1, -0.05) is 24.3 Å². The van der Waals surface area contributed by atoms with E-state index in [9.17, 15) is 4.79 Å². The van der Waals surface area contributed by atoms with Gasteiger partial charge in [0.2, 0.25) is 0 Å². The van der Waals surface area contributed by atoms with E-state index in [-0.39, 0.29) is 0 Å². The fourth-order valence-electron chi connectivity index (χ4n) is 2.04. The summed E-state index contributed by atoms with van der Waals surface area (Å²) in [7, 11) is 1.35. The third-order valence-electron chi connectivity index (χ3n) is 3.43. The van der Waals surface area contributed by atoms with Crippen LogP contribution in [0.1, 0.15) is 21.5 Å². The molecule has 114 valence electrons. The number of thiocarbonyl (C=S) groups is 1. The number of methoxy groups -OCH3 is 1. The summed E-state index contributed by atoms with van der Waals surface area (Å²) in [4.78, 5) is 11.7. The number of hydrogen-bond donors (Lipinski definition) is 2. The van der Waals surface area contributed by atoms with Gasteiger partial charge in [0.25, 0.3) is 0 Å². The van der Waals surface area contributed by atoms with Crippen molar-refractivity contribution >= 4 is 34.7 Å². The van der Waals surface area contributed by atoms with Crippen molar-refractivity contribution in [3.8, 4) is 0 Å².